The van der Waals surface area contributed by atoms with Gasteiger partial charge in [-0.15, -0.1) is 0 Å². The smallest absolute Gasteiger partial charge is 0.225 e. The molecule has 1 saturated heterocycles. The van der Waals surface area contributed by atoms with Crippen molar-refractivity contribution in [1.29, 1.82) is 0 Å². The van der Waals surface area contributed by atoms with E-state index in [4.69, 9.17) is 4.42 Å². The van der Waals surface area contributed by atoms with Gasteiger partial charge in [0.05, 0.1) is 6.54 Å². The number of nitrogens with zero attached hydrogens (tertiary/aromatic N) is 1. The topological polar surface area (TPSA) is 45.5 Å². The number of amides is 1. The Morgan fingerprint density at radius 2 is 2.17 bits per heavy atom. The molecule has 2 atom stereocenters. The minimum absolute atomic E-state index is 0.246. The second-order valence-corrected chi connectivity index (χ2v) is 7.21. The molecule has 0 radical (unpaired) electrons. The molecule has 128 valence electrons. The first-order valence-electron chi connectivity index (χ1n) is 8.80. The molecule has 0 unspecified atom stereocenters. The van der Waals surface area contributed by atoms with E-state index in [2.05, 4.69) is 12.2 Å². The molecule has 1 aliphatic carbocycles. The maximum atomic E-state index is 13.2. The van der Waals surface area contributed by atoms with Gasteiger partial charge in [-0.1, -0.05) is 6.92 Å². The normalized spacial score (nSPS) is 24.5. The molecule has 1 aromatic carbocycles. The zero-order valence-electron chi connectivity index (χ0n) is 13.9. The van der Waals surface area contributed by atoms with Crippen molar-refractivity contribution in [2.75, 3.05) is 13.1 Å². The predicted octanol–water partition coefficient (Wildman–Crippen LogP) is 3.31. The van der Waals surface area contributed by atoms with E-state index in [0.717, 1.165) is 43.5 Å². The molecular formula is C19H23FN2O2. The van der Waals surface area contributed by atoms with Crippen LogP contribution >= 0.6 is 0 Å². The molecule has 2 aromatic rings. The molecule has 1 aromatic heterocycles. The highest BCUT2D eigenvalue weighted by Gasteiger charge is 2.36. The second kappa shape index (κ2) is 6.20. The molecule has 1 amide bonds. The monoisotopic (exact) mass is 330 g/mol. The van der Waals surface area contributed by atoms with E-state index >= 15 is 0 Å². The molecule has 0 spiro atoms. The number of rotatable bonds is 4. The van der Waals surface area contributed by atoms with Crippen LogP contribution in [0.2, 0.25) is 0 Å². The minimum Gasteiger partial charge on any atom is -0.460 e. The molecular weight excluding hydrogens is 307 g/mol. The van der Waals surface area contributed by atoms with Gasteiger partial charge in [-0.25, -0.2) is 4.39 Å². The van der Waals surface area contributed by atoms with Crippen LogP contribution in [0.1, 0.15) is 31.9 Å². The van der Waals surface area contributed by atoms with E-state index in [0.29, 0.717) is 35.9 Å². The van der Waals surface area contributed by atoms with Crippen LogP contribution < -0.4 is 5.32 Å². The number of benzene rings is 1. The van der Waals surface area contributed by atoms with Crippen LogP contribution in [0.4, 0.5) is 4.39 Å². The summed E-state index contributed by atoms with van der Waals surface area (Å²) in [6.07, 6.45) is 3.10. The van der Waals surface area contributed by atoms with Gasteiger partial charge in [0.25, 0.3) is 0 Å². The van der Waals surface area contributed by atoms with Crippen LogP contribution in [-0.4, -0.2) is 29.9 Å². The van der Waals surface area contributed by atoms with Crippen LogP contribution in [-0.2, 0) is 11.3 Å². The van der Waals surface area contributed by atoms with Crippen molar-refractivity contribution < 1.29 is 13.6 Å². The Hall–Kier alpha value is -1.88. The number of hydrogen-bond acceptors (Lipinski definition) is 3. The second-order valence-electron chi connectivity index (χ2n) is 7.21. The first-order chi connectivity index (χ1) is 11.6. The molecule has 4 rings (SSSR count). The summed E-state index contributed by atoms with van der Waals surface area (Å²) in [5.41, 5.74) is 0.714. The number of carbonyl (C=O) groups excluding carboxylic acids is 1. The number of halogens is 1. The predicted molar refractivity (Wildman–Crippen MR) is 89.9 cm³/mol. The maximum Gasteiger partial charge on any atom is 0.225 e. The van der Waals surface area contributed by atoms with Crippen LogP contribution in [0, 0.1) is 17.7 Å². The number of piperidine rings is 1. The van der Waals surface area contributed by atoms with E-state index in [1.807, 2.05) is 11.0 Å². The van der Waals surface area contributed by atoms with Gasteiger partial charge in [-0.3, -0.25) is 4.79 Å². The van der Waals surface area contributed by atoms with Crippen molar-refractivity contribution in [1.82, 2.24) is 10.2 Å². The van der Waals surface area contributed by atoms with E-state index in [1.54, 1.807) is 6.07 Å². The van der Waals surface area contributed by atoms with E-state index in [9.17, 15) is 9.18 Å². The van der Waals surface area contributed by atoms with E-state index in [1.165, 1.54) is 12.1 Å². The fourth-order valence-electron chi connectivity index (χ4n) is 3.63. The zero-order valence-corrected chi connectivity index (χ0v) is 13.9. The molecule has 5 heteroatoms. The molecule has 2 aliphatic rings. The summed E-state index contributed by atoms with van der Waals surface area (Å²) in [6, 6.07) is 6.84. The average Bonchev–Trinajstić information content (AvgIpc) is 3.33. The van der Waals surface area contributed by atoms with E-state index in [-0.39, 0.29) is 5.82 Å². The Labute approximate surface area is 141 Å². The number of nitrogens with one attached hydrogen (secondary N) is 1. The Morgan fingerprint density at radius 1 is 1.33 bits per heavy atom. The average molecular weight is 330 g/mol. The molecule has 4 nitrogen and oxygen atoms in total. The standard InChI is InChI=1S/C19H23FN2O2/c1-12-11-22(19(23)13-2-3-13)7-6-17(12)21-10-16-9-14-8-15(20)4-5-18(14)24-16/h4-5,8-9,12-13,17,21H,2-3,6-7,10-11H2,1H3/t12-,17-/m1/s1. The molecule has 2 heterocycles. The van der Waals surface area contributed by atoms with Gasteiger partial charge in [0, 0.05) is 30.4 Å². The van der Waals surface area contributed by atoms with Gasteiger partial charge >= 0.3 is 0 Å². The Balaban J connectivity index is 1.34. The largest absolute Gasteiger partial charge is 0.460 e. The summed E-state index contributed by atoms with van der Waals surface area (Å²) in [5.74, 6) is 1.64. The highest BCUT2D eigenvalue weighted by Crippen LogP contribution is 2.32. The molecule has 1 N–H and O–H groups in total. The highest BCUT2D eigenvalue weighted by atomic mass is 19.1. The fraction of sp³-hybridized carbons (Fsp3) is 0.526. The molecule has 1 aliphatic heterocycles. The third-order valence-electron chi connectivity index (χ3n) is 5.21. The highest BCUT2D eigenvalue weighted by molar-refractivity contribution is 5.81. The van der Waals surface area contributed by atoms with Crippen LogP contribution in [0.25, 0.3) is 11.0 Å². The zero-order chi connectivity index (χ0) is 16.7. The SMILES string of the molecule is C[C@@H]1CN(C(=O)C2CC2)CC[C@H]1NCc1cc2cc(F)ccc2o1. The van der Waals surface area contributed by atoms with E-state index < -0.39 is 0 Å². The van der Waals surface area contributed by atoms with Crippen molar-refractivity contribution in [3.8, 4) is 0 Å². The Kier molecular flexibility index (Phi) is 4.04. The molecule has 2 fully saturated rings. The lowest BCUT2D eigenvalue weighted by Gasteiger charge is -2.37. The van der Waals surface area contributed by atoms with Crippen LogP contribution in [0.3, 0.4) is 0 Å². The van der Waals surface area contributed by atoms with Gasteiger partial charge < -0.3 is 14.6 Å². The lowest BCUT2D eigenvalue weighted by atomic mass is 9.93. The lowest BCUT2D eigenvalue weighted by molar-refractivity contribution is -0.134. The summed E-state index contributed by atoms with van der Waals surface area (Å²) in [7, 11) is 0. The molecule has 1 saturated carbocycles. The van der Waals surface area contributed by atoms with Gasteiger partial charge in [-0.05, 0) is 49.4 Å². The lowest BCUT2D eigenvalue weighted by Crippen LogP contribution is -2.50. The summed E-state index contributed by atoms with van der Waals surface area (Å²) in [4.78, 5) is 14.2. The van der Waals surface area contributed by atoms with Crippen LogP contribution in [0.5, 0.6) is 0 Å². The van der Waals surface area contributed by atoms with Crippen molar-refractivity contribution in [2.45, 2.75) is 38.8 Å². The van der Waals surface area contributed by atoms with Crippen LogP contribution in [0.15, 0.2) is 28.7 Å². The third kappa shape index (κ3) is 3.18. The van der Waals surface area contributed by atoms with Crippen molar-refractivity contribution in [2.24, 2.45) is 11.8 Å². The summed E-state index contributed by atoms with van der Waals surface area (Å²) < 4.78 is 19.0. The number of carbonyl (C=O) groups is 1. The maximum absolute atomic E-state index is 13.2. The van der Waals surface area contributed by atoms with Gasteiger partial charge in [0.15, 0.2) is 0 Å². The first-order valence-corrected chi connectivity index (χ1v) is 8.80. The number of furan rings is 1. The first kappa shape index (κ1) is 15.6. The van der Waals surface area contributed by atoms with Gasteiger partial charge in [-0.2, -0.15) is 0 Å². The van der Waals surface area contributed by atoms with Crippen molar-refractivity contribution >= 4 is 16.9 Å². The number of likely N-dealkylation sites (tertiary alicyclic amines) is 1. The molecule has 0 bridgehead atoms. The number of hydrogen-bond donors (Lipinski definition) is 1. The summed E-state index contributed by atoms with van der Waals surface area (Å²) in [5, 5.41) is 4.34. The van der Waals surface area contributed by atoms with Crippen molar-refractivity contribution in [3.63, 3.8) is 0 Å². The van der Waals surface area contributed by atoms with Gasteiger partial charge in [0.2, 0.25) is 5.91 Å². The summed E-state index contributed by atoms with van der Waals surface area (Å²) in [6.45, 7) is 4.49. The number of fused-ring (bicyclic) bond motifs is 1. The van der Waals surface area contributed by atoms with Crippen molar-refractivity contribution in [3.05, 3.63) is 35.8 Å². The summed E-state index contributed by atoms with van der Waals surface area (Å²) >= 11 is 0. The van der Waals surface area contributed by atoms with Gasteiger partial charge in [0.1, 0.15) is 17.2 Å². The Morgan fingerprint density at radius 3 is 2.92 bits per heavy atom. The quantitative estimate of drug-likeness (QED) is 0.935. The Bertz CT molecular complexity index is 753. The third-order valence-corrected chi connectivity index (χ3v) is 5.21. The minimum atomic E-state index is -0.246. The molecule has 24 heavy (non-hydrogen) atoms. The fourth-order valence-corrected chi connectivity index (χ4v) is 3.63.